The first-order chi connectivity index (χ1) is 8.15. The zero-order chi connectivity index (χ0) is 12.3. The topological polar surface area (TPSA) is 32.7 Å². The number of hydrogen-bond acceptors (Lipinski definition) is 3. The molecule has 0 radical (unpaired) electrons. The summed E-state index contributed by atoms with van der Waals surface area (Å²) in [6.07, 6.45) is 0. The highest BCUT2D eigenvalue weighted by molar-refractivity contribution is 9.10. The Kier molecular flexibility index (Phi) is 4.62. The van der Waals surface area contributed by atoms with Gasteiger partial charge in [-0.25, -0.2) is 0 Å². The fourth-order valence-electron chi connectivity index (χ4n) is 1.94. The molecule has 3 nitrogen and oxygen atoms in total. The summed E-state index contributed by atoms with van der Waals surface area (Å²) in [5, 5.41) is 9.30. The molecule has 1 heterocycles. The summed E-state index contributed by atoms with van der Waals surface area (Å²) in [6, 6.07) is 8.17. The molecular weight excluding hydrogens is 281 g/mol. The molecule has 0 amide bonds. The van der Waals surface area contributed by atoms with Crippen LogP contribution in [-0.4, -0.2) is 36.6 Å². The van der Waals surface area contributed by atoms with E-state index in [9.17, 15) is 5.02 Å². The third-order valence-electron chi connectivity index (χ3n) is 3.05. The predicted molar refractivity (Wildman–Crippen MR) is 72.7 cm³/mol. The van der Waals surface area contributed by atoms with Gasteiger partial charge in [0.05, 0.1) is 13.2 Å². The van der Waals surface area contributed by atoms with E-state index < -0.39 is 0 Å². The molecule has 5 heteroatoms. The Morgan fingerprint density at radius 2 is 2.06 bits per heavy atom. The van der Waals surface area contributed by atoms with E-state index in [-0.39, 0.29) is 7.05 Å². The predicted octanol–water partition coefficient (Wildman–Crippen LogP) is 2.01. The van der Waals surface area contributed by atoms with Crippen LogP contribution in [0.1, 0.15) is 5.56 Å². The van der Waals surface area contributed by atoms with E-state index in [0.29, 0.717) is 12.5 Å². The van der Waals surface area contributed by atoms with Gasteiger partial charge in [0.15, 0.2) is 0 Å². The van der Waals surface area contributed by atoms with Crippen molar-refractivity contribution in [2.45, 2.75) is 13.4 Å². The lowest BCUT2D eigenvalue weighted by Gasteiger charge is -2.39. The number of halogens is 1. The molecule has 0 aromatic heterocycles. The first-order valence-corrected chi connectivity index (χ1v) is 6.69. The van der Waals surface area contributed by atoms with Crippen molar-refractivity contribution in [3.05, 3.63) is 34.3 Å². The van der Waals surface area contributed by atoms with Gasteiger partial charge in [0.1, 0.15) is 0 Å². The minimum Gasteiger partial charge on any atom is -0.437 e. The second-order valence-corrected chi connectivity index (χ2v) is 5.51. The molecule has 1 fully saturated rings. The molecule has 2 rings (SSSR count). The average Bonchev–Trinajstić information content (AvgIpc) is 2.23. The van der Waals surface area contributed by atoms with Crippen LogP contribution < -0.4 is 0 Å². The van der Waals surface area contributed by atoms with Gasteiger partial charge in [-0.05, 0) is 37.6 Å². The van der Waals surface area contributed by atoms with E-state index in [2.05, 4.69) is 28.1 Å². The minimum absolute atomic E-state index is 0.322. The molecule has 0 atom stereocenters. The van der Waals surface area contributed by atoms with E-state index in [1.807, 2.05) is 16.9 Å². The highest BCUT2D eigenvalue weighted by atomic mass is 79.9. The quantitative estimate of drug-likeness (QED) is 0.844. The smallest absolute Gasteiger partial charge is 0.376 e. The number of ether oxygens (including phenoxy) is 1. The normalized spacial score (nSPS) is 16.9. The Balaban J connectivity index is 1.63. The van der Waals surface area contributed by atoms with E-state index in [1.54, 1.807) is 6.82 Å². The van der Waals surface area contributed by atoms with Gasteiger partial charge in [-0.3, -0.25) is 0 Å². The number of benzene rings is 1. The molecule has 1 aromatic rings. The van der Waals surface area contributed by atoms with Crippen LogP contribution in [0.25, 0.3) is 0 Å². The molecule has 0 unspecified atom stereocenters. The molecule has 0 saturated carbocycles. The maximum absolute atomic E-state index is 9.30. The van der Waals surface area contributed by atoms with Crippen molar-refractivity contribution < 1.29 is 9.76 Å². The van der Waals surface area contributed by atoms with E-state index in [0.717, 1.165) is 24.2 Å². The zero-order valence-corrected chi connectivity index (χ0v) is 11.6. The van der Waals surface area contributed by atoms with Crippen molar-refractivity contribution >= 4 is 23.0 Å². The summed E-state index contributed by atoms with van der Waals surface area (Å²) < 4.78 is 6.76. The van der Waals surface area contributed by atoms with Crippen molar-refractivity contribution in [3.63, 3.8) is 0 Å². The van der Waals surface area contributed by atoms with Crippen molar-refractivity contribution in [2.24, 2.45) is 5.92 Å². The second-order valence-electron chi connectivity index (χ2n) is 4.59. The SMILES string of the molecule is CB(O)N1CC(COCc2ccc(Br)cc2)C1. The third kappa shape index (κ3) is 3.81. The van der Waals surface area contributed by atoms with Crippen molar-refractivity contribution in [1.82, 2.24) is 4.81 Å². The monoisotopic (exact) mass is 297 g/mol. The molecule has 0 spiro atoms. The molecule has 0 aliphatic carbocycles. The van der Waals surface area contributed by atoms with Crippen molar-refractivity contribution in [2.75, 3.05) is 19.7 Å². The number of rotatable bonds is 5. The first kappa shape index (κ1) is 13.1. The molecule has 17 heavy (non-hydrogen) atoms. The van der Waals surface area contributed by atoms with Crippen LogP contribution in [0.2, 0.25) is 6.82 Å². The molecule has 92 valence electrons. The first-order valence-electron chi connectivity index (χ1n) is 5.89. The Morgan fingerprint density at radius 3 is 2.65 bits per heavy atom. The number of hydrogen-bond donors (Lipinski definition) is 1. The maximum Gasteiger partial charge on any atom is 0.376 e. The van der Waals surface area contributed by atoms with Gasteiger partial charge in [0.2, 0.25) is 0 Å². The van der Waals surface area contributed by atoms with Crippen LogP contribution in [0, 0.1) is 5.92 Å². The zero-order valence-electron chi connectivity index (χ0n) is 9.97. The third-order valence-corrected chi connectivity index (χ3v) is 3.58. The largest absolute Gasteiger partial charge is 0.437 e. The van der Waals surface area contributed by atoms with Crippen LogP contribution in [0.4, 0.5) is 0 Å². The van der Waals surface area contributed by atoms with E-state index in [1.165, 1.54) is 5.56 Å². The molecule has 1 aliphatic rings. The van der Waals surface area contributed by atoms with Crippen LogP contribution in [0.15, 0.2) is 28.7 Å². The Labute approximate surface area is 111 Å². The van der Waals surface area contributed by atoms with Gasteiger partial charge in [-0.15, -0.1) is 0 Å². The van der Waals surface area contributed by atoms with Gasteiger partial charge in [-0.2, -0.15) is 0 Å². The summed E-state index contributed by atoms with van der Waals surface area (Å²) in [4.78, 5) is 2.04. The fourth-order valence-corrected chi connectivity index (χ4v) is 2.21. The maximum atomic E-state index is 9.30. The van der Waals surface area contributed by atoms with Crippen LogP contribution in [-0.2, 0) is 11.3 Å². The molecule has 1 aliphatic heterocycles. The van der Waals surface area contributed by atoms with Gasteiger partial charge >= 0.3 is 7.05 Å². The summed E-state index contributed by atoms with van der Waals surface area (Å²) in [5.74, 6) is 0.569. The lowest BCUT2D eigenvalue weighted by molar-refractivity contribution is 0.0354. The lowest BCUT2D eigenvalue weighted by atomic mass is 9.78. The Hall–Kier alpha value is -0.355. The highest BCUT2D eigenvalue weighted by Gasteiger charge is 2.31. The van der Waals surface area contributed by atoms with Gasteiger partial charge in [0, 0.05) is 10.4 Å². The fraction of sp³-hybridized carbons (Fsp3) is 0.500. The van der Waals surface area contributed by atoms with Crippen LogP contribution in [0.3, 0.4) is 0 Å². The summed E-state index contributed by atoms with van der Waals surface area (Å²) >= 11 is 3.41. The van der Waals surface area contributed by atoms with Crippen molar-refractivity contribution in [3.8, 4) is 0 Å². The van der Waals surface area contributed by atoms with E-state index in [4.69, 9.17) is 4.74 Å². The standard InChI is InChI=1S/C12H17BBrNO2/c1-13(16)15-6-11(7-15)9-17-8-10-2-4-12(14)5-3-10/h2-5,11,16H,6-9H2,1H3. The van der Waals surface area contributed by atoms with E-state index >= 15 is 0 Å². The highest BCUT2D eigenvalue weighted by Crippen LogP contribution is 2.17. The lowest BCUT2D eigenvalue weighted by Crippen LogP contribution is -2.54. The molecule has 1 aromatic carbocycles. The minimum atomic E-state index is -0.322. The van der Waals surface area contributed by atoms with Gasteiger partial charge in [0.25, 0.3) is 0 Å². The van der Waals surface area contributed by atoms with Crippen molar-refractivity contribution in [1.29, 1.82) is 0 Å². The van der Waals surface area contributed by atoms with Crippen LogP contribution >= 0.6 is 15.9 Å². The summed E-state index contributed by atoms with van der Waals surface area (Å²) in [6.45, 7) is 5.13. The molecule has 1 N–H and O–H groups in total. The molecular formula is C12H17BBrNO2. The van der Waals surface area contributed by atoms with Crippen LogP contribution in [0.5, 0.6) is 0 Å². The average molecular weight is 298 g/mol. The second kappa shape index (κ2) is 6.00. The Morgan fingerprint density at radius 1 is 1.41 bits per heavy atom. The van der Waals surface area contributed by atoms with Gasteiger partial charge < -0.3 is 14.6 Å². The molecule has 0 bridgehead atoms. The number of nitrogens with zero attached hydrogens (tertiary/aromatic N) is 1. The van der Waals surface area contributed by atoms with Gasteiger partial charge in [-0.1, -0.05) is 28.1 Å². The summed E-state index contributed by atoms with van der Waals surface area (Å²) in [7, 11) is -0.322. The molecule has 1 saturated heterocycles. The Bertz CT molecular complexity index is 352. The summed E-state index contributed by atoms with van der Waals surface area (Å²) in [5.41, 5.74) is 1.19.